The molecule has 0 radical (unpaired) electrons. The van der Waals surface area contributed by atoms with Crippen LogP contribution in [0, 0.1) is 12.8 Å². The second kappa shape index (κ2) is 10.1. The number of carbonyl (C=O) groups is 1. The summed E-state index contributed by atoms with van der Waals surface area (Å²) in [4.78, 5) is 31.1. The van der Waals surface area contributed by atoms with Crippen molar-refractivity contribution in [3.8, 4) is 5.69 Å². The Labute approximate surface area is 228 Å². The van der Waals surface area contributed by atoms with Crippen LogP contribution in [0.2, 0.25) is 0 Å². The average molecular weight is 554 g/mol. The fraction of sp³-hybridized carbons (Fsp3) is 0.481. The molecule has 200 valence electrons. The van der Waals surface area contributed by atoms with Crippen molar-refractivity contribution in [2.45, 2.75) is 57.2 Å². The summed E-state index contributed by atoms with van der Waals surface area (Å²) in [5.74, 6) is 0.840. The van der Waals surface area contributed by atoms with Crippen molar-refractivity contribution in [3.05, 3.63) is 50.6 Å². The Balaban J connectivity index is 1.53. The van der Waals surface area contributed by atoms with E-state index < -0.39 is 0 Å². The second-order valence-electron chi connectivity index (χ2n) is 10.3. The normalized spacial score (nSPS) is 18.9. The molecule has 0 N–H and O–H groups in total. The van der Waals surface area contributed by atoms with Gasteiger partial charge in [0.15, 0.2) is 5.16 Å². The molecular formula is C27H31N5O4S2. The van der Waals surface area contributed by atoms with Crippen LogP contribution in [0.5, 0.6) is 0 Å². The number of rotatable bonds is 5. The van der Waals surface area contributed by atoms with E-state index in [0.717, 1.165) is 26.5 Å². The summed E-state index contributed by atoms with van der Waals surface area (Å²) in [5, 5.41) is 9.93. The van der Waals surface area contributed by atoms with Gasteiger partial charge in [-0.05, 0) is 43.0 Å². The summed E-state index contributed by atoms with van der Waals surface area (Å²) in [6.07, 6.45) is 0.752. The van der Waals surface area contributed by atoms with Crippen molar-refractivity contribution >= 4 is 45.0 Å². The van der Waals surface area contributed by atoms with Crippen molar-refractivity contribution in [1.82, 2.24) is 24.1 Å². The molecule has 2 aliphatic heterocycles. The van der Waals surface area contributed by atoms with E-state index in [1.54, 1.807) is 15.9 Å². The summed E-state index contributed by atoms with van der Waals surface area (Å²) in [6, 6.07) is 7.85. The van der Waals surface area contributed by atoms with Crippen LogP contribution >= 0.6 is 23.1 Å². The van der Waals surface area contributed by atoms with Crippen LogP contribution in [-0.2, 0) is 27.3 Å². The molecule has 0 saturated carbocycles. The van der Waals surface area contributed by atoms with Crippen molar-refractivity contribution in [2.75, 3.05) is 26.3 Å². The number of amides is 1. The van der Waals surface area contributed by atoms with Crippen LogP contribution in [0.1, 0.15) is 36.8 Å². The third-order valence-electron chi connectivity index (χ3n) is 7.30. The number of thioether (sulfide) groups is 1. The van der Waals surface area contributed by atoms with E-state index in [1.807, 2.05) is 47.4 Å². The summed E-state index contributed by atoms with van der Waals surface area (Å²) in [6.45, 7) is 11.0. The van der Waals surface area contributed by atoms with Crippen LogP contribution in [-0.4, -0.2) is 67.6 Å². The molecule has 0 spiro atoms. The van der Waals surface area contributed by atoms with Gasteiger partial charge in [-0.3, -0.25) is 9.59 Å². The molecule has 0 aliphatic carbocycles. The predicted octanol–water partition coefficient (Wildman–Crippen LogP) is 3.84. The number of morpholine rings is 1. The monoisotopic (exact) mass is 553 g/mol. The molecule has 38 heavy (non-hydrogen) atoms. The minimum atomic E-state index is -0.363. The highest BCUT2D eigenvalue weighted by Gasteiger charge is 2.31. The number of fused-ring (bicyclic) bond motifs is 5. The third kappa shape index (κ3) is 4.35. The van der Waals surface area contributed by atoms with Gasteiger partial charge in [-0.15, -0.1) is 21.5 Å². The molecule has 5 heterocycles. The van der Waals surface area contributed by atoms with E-state index in [1.165, 1.54) is 11.8 Å². The van der Waals surface area contributed by atoms with Crippen LogP contribution < -0.4 is 5.56 Å². The Hall–Kier alpha value is -2.73. The van der Waals surface area contributed by atoms with E-state index in [9.17, 15) is 9.59 Å². The van der Waals surface area contributed by atoms with Gasteiger partial charge in [0.2, 0.25) is 11.7 Å². The molecular weight excluding hydrogens is 522 g/mol. The molecule has 1 aromatic carbocycles. The maximum atomic E-state index is 14.2. The average Bonchev–Trinajstić information content (AvgIpc) is 3.50. The van der Waals surface area contributed by atoms with Gasteiger partial charge in [0, 0.05) is 24.4 Å². The Kier molecular flexibility index (Phi) is 6.79. The number of aromatic nitrogens is 4. The van der Waals surface area contributed by atoms with Crippen molar-refractivity contribution in [1.29, 1.82) is 0 Å². The molecule has 1 saturated heterocycles. The van der Waals surface area contributed by atoms with Gasteiger partial charge in [0.25, 0.3) is 5.56 Å². The van der Waals surface area contributed by atoms with E-state index in [-0.39, 0.29) is 22.8 Å². The quantitative estimate of drug-likeness (QED) is 0.347. The number of hydrogen-bond donors (Lipinski definition) is 0. The van der Waals surface area contributed by atoms with Gasteiger partial charge in [0.05, 0.1) is 42.2 Å². The van der Waals surface area contributed by atoms with Gasteiger partial charge in [-0.25, -0.2) is 8.97 Å². The highest BCUT2D eigenvalue weighted by atomic mass is 32.2. The lowest BCUT2D eigenvalue weighted by Crippen LogP contribution is -2.44. The topological polar surface area (TPSA) is 91.0 Å². The lowest BCUT2D eigenvalue weighted by Gasteiger charge is -2.28. The van der Waals surface area contributed by atoms with Gasteiger partial charge in [-0.2, -0.15) is 0 Å². The molecule has 6 rings (SSSR count). The minimum Gasteiger partial charge on any atom is -0.378 e. The first kappa shape index (κ1) is 25.5. The van der Waals surface area contributed by atoms with E-state index in [4.69, 9.17) is 9.47 Å². The SMILES string of the molecule is Cc1cccc(-n2c(=O)c3c4c(sc3n3c(S[C@H](C)C(=O)N5CCOCC5)nnc23)CO[C@@H](C(C)C)C4)c1. The van der Waals surface area contributed by atoms with Crippen LogP contribution in [0.25, 0.3) is 21.7 Å². The fourth-order valence-corrected chi connectivity index (χ4v) is 7.42. The Morgan fingerprint density at radius 2 is 1.97 bits per heavy atom. The van der Waals surface area contributed by atoms with Crippen molar-refractivity contribution < 1.29 is 14.3 Å². The molecule has 3 aromatic heterocycles. The summed E-state index contributed by atoms with van der Waals surface area (Å²) < 4.78 is 15.2. The fourth-order valence-electron chi connectivity index (χ4n) is 5.19. The maximum Gasteiger partial charge on any atom is 0.268 e. The van der Waals surface area contributed by atoms with E-state index >= 15 is 0 Å². The summed E-state index contributed by atoms with van der Waals surface area (Å²) in [7, 11) is 0. The lowest BCUT2D eigenvalue weighted by atomic mass is 9.96. The van der Waals surface area contributed by atoms with Gasteiger partial charge >= 0.3 is 0 Å². The minimum absolute atomic E-state index is 0.0527. The first-order valence-electron chi connectivity index (χ1n) is 13.0. The molecule has 4 aromatic rings. The molecule has 2 atom stereocenters. The Bertz CT molecular complexity index is 1580. The third-order valence-corrected chi connectivity index (χ3v) is 9.52. The Morgan fingerprint density at radius 3 is 2.71 bits per heavy atom. The number of nitrogens with zero attached hydrogens (tertiary/aromatic N) is 5. The number of thiophene rings is 1. The van der Waals surface area contributed by atoms with Crippen molar-refractivity contribution in [3.63, 3.8) is 0 Å². The van der Waals surface area contributed by atoms with Crippen LogP contribution in [0.3, 0.4) is 0 Å². The maximum absolute atomic E-state index is 14.2. The number of ether oxygens (including phenoxy) is 2. The predicted molar refractivity (Wildman–Crippen MR) is 149 cm³/mol. The largest absolute Gasteiger partial charge is 0.378 e. The zero-order chi connectivity index (χ0) is 26.6. The smallest absolute Gasteiger partial charge is 0.268 e. The highest BCUT2D eigenvalue weighted by molar-refractivity contribution is 8.00. The number of carbonyl (C=O) groups excluding carboxylic acids is 1. The molecule has 1 amide bonds. The molecule has 1 fully saturated rings. The number of aryl methyl sites for hydroxylation is 1. The Morgan fingerprint density at radius 1 is 1.18 bits per heavy atom. The van der Waals surface area contributed by atoms with Gasteiger partial charge in [0.1, 0.15) is 4.83 Å². The zero-order valence-electron chi connectivity index (χ0n) is 22.0. The lowest BCUT2D eigenvalue weighted by molar-refractivity contribution is -0.134. The summed E-state index contributed by atoms with van der Waals surface area (Å²) in [5.41, 5.74) is 2.76. The molecule has 11 heteroatoms. The van der Waals surface area contributed by atoms with Gasteiger partial charge in [-0.1, -0.05) is 37.7 Å². The zero-order valence-corrected chi connectivity index (χ0v) is 23.6. The van der Waals surface area contributed by atoms with Crippen molar-refractivity contribution in [2.24, 2.45) is 5.92 Å². The number of benzene rings is 1. The van der Waals surface area contributed by atoms with Gasteiger partial charge < -0.3 is 14.4 Å². The highest BCUT2D eigenvalue weighted by Crippen LogP contribution is 2.38. The summed E-state index contributed by atoms with van der Waals surface area (Å²) >= 11 is 2.94. The first-order valence-corrected chi connectivity index (χ1v) is 14.7. The molecule has 0 unspecified atom stereocenters. The van der Waals surface area contributed by atoms with E-state index in [0.29, 0.717) is 61.6 Å². The second-order valence-corrected chi connectivity index (χ2v) is 12.7. The van der Waals surface area contributed by atoms with Crippen LogP contribution in [0.4, 0.5) is 0 Å². The van der Waals surface area contributed by atoms with E-state index in [2.05, 4.69) is 24.0 Å². The standard InChI is InChI=1S/C27H31N5O4S2/c1-15(2)20-13-19-21(14-36-20)38-25-22(19)24(34)31(18-7-5-6-16(3)12-18)26-28-29-27(32(25)26)37-17(4)23(33)30-8-10-35-11-9-30/h5-7,12,15,17,20H,8-11,13-14H2,1-4H3/t17-,20-/m1/s1. The number of hydrogen-bond acceptors (Lipinski definition) is 8. The molecule has 2 aliphatic rings. The molecule has 0 bridgehead atoms. The van der Waals surface area contributed by atoms with Crippen LogP contribution in [0.15, 0.2) is 34.2 Å². The first-order chi connectivity index (χ1) is 18.3. The molecule has 9 nitrogen and oxygen atoms in total.